The first kappa shape index (κ1) is 21.5. The van der Waals surface area contributed by atoms with Crippen molar-refractivity contribution < 1.29 is 24.2 Å². The third kappa shape index (κ3) is 4.71. The van der Waals surface area contributed by atoms with Crippen molar-refractivity contribution >= 4 is 23.4 Å². The first-order chi connectivity index (χ1) is 12.6. The normalized spacial score (nSPS) is 30.0. The number of hydrogen-bond donors (Lipinski definition) is 1. The van der Waals surface area contributed by atoms with Crippen molar-refractivity contribution in [1.29, 1.82) is 0 Å². The first-order valence-electron chi connectivity index (χ1n) is 9.13. The molecule has 0 spiro atoms. The van der Waals surface area contributed by atoms with Gasteiger partial charge in [-0.05, 0) is 37.5 Å². The molecule has 1 aliphatic carbocycles. The Morgan fingerprint density at radius 3 is 2.78 bits per heavy atom. The highest BCUT2D eigenvalue weighted by atomic mass is 35.5. The predicted molar refractivity (Wildman–Crippen MR) is 104 cm³/mol. The van der Waals surface area contributed by atoms with Crippen LogP contribution in [0.5, 0.6) is 0 Å². The summed E-state index contributed by atoms with van der Waals surface area (Å²) in [4.78, 5) is 23.9. The summed E-state index contributed by atoms with van der Waals surface area (Å²) >= 11 is 6.24. The highest BCUT2D eigenvalue weighted by molar-refractivity contribution is 6.44. The van der Waals surface area contributed by atoms with Gasteiger partial charge in [0.2, 0.25) is 5.78 Å². The molecule has 0 bridgehead atoms. The van der Waals surface area contributed by atoms with E-state index in [1.165, 1.54) is 13.8 Å². The van der Waals surface area contributed by atoms with Crippen LogP contribution in [-0.4, -0.2) is 35.2 Å². The largest absolute Gasteiger partial charge is 0.493 e. The number of ketones is 1. The van der Waals surface area contributed by atoms with Gasteiger partial charge < -0.3 is 14.6 Å². The van der Waals surface area contributed by atoms with Crippen LogP contribution in [0.15, 0.2) is 46.2 Å². The lowest BCUT2D eigenvalue weighted by Crippen LogP contribution is -2.57. The number of carbonyl (C=O) groups excluding carboxylic acids is 2. The predicted octanol–water partition coefficient (Wildman–Crippen LogP) is 3.82. The average Bonchev–Trinajstić information content (AvgIpc) is 2.61. The molecule has 27 heavy (non-hydrogen) atoms. The number of halogens is 1. The van der Waals surface area contributed by atoms with E-state index >= 15 is 0 Å². The highest BCUT2D eigenvalue weighted by Crippen LogP contribution is 2.41. The lowest BCUT2D eigenvalue weighted by Gasteiger charge is -2.42. The van der Waals surface area contributed by atoms with Crippen LogP contribution in [0.25, 0.3) is 0 Å². The first-order valence-corrected chi connectivity index (χ1v) is 9.50. The summed E-state index contributed by atoms with van der Waals surface area (Å²) in [5.74, 6) is -0.697. The molecule has 0 aromatic rings. The minimum Gasteiger partial charge on any atom is -0.493 e. The Kier molecular flexibility index (Phi) is 6.71. The van der Waals surface area contributed by atoms with E-state index in [9.17, 15) is 14.7 Å². The van der Waals surface area contributed by atoms with Gasteiger partial charge in [0.1, 0.15) is 11.9 Å². The van der Waals surface area contributed by atoms with Gasteiger partial charge in [-0.1, -0.05) is 49.6 Å². The van der Waals surface area contributed by atoms with Crippen LogP contribution in [0, 0.1) is 11.8 Å². The van der Waals surface area contributed by atoms with E-state index in [1.54, 1.807) is 6.08 Å². The number of aliphatic hydroxyl groups is 1. The Bertz CT molecular complexity index is 742. The number of fused-ring (bicyclic) bond motifs is 1. The van der Waals surface area contributed by atoms with Gasteiger partial charge in [0.05, 0.1) is 17.6 Å². The Labute approximate surface area is 165 Å². The molecule has 4 atom stereocenters. The van der Waals surface area contributed by atoms with Gasteiger partial charge in [0.25, 0.3) is 0 Å². The Morgan fingerprint density at radius 2 is 2.19 bits per heavy atom. The molecule has 1 aliphatic heterocycles. The molecule has 6 heteroatoms. The summed E-state index contributed by atoms with van der Waals surface area (Å²) in [7, 11) is 0. The molecule has 0 aromatic heterocycles. The molecule has 0 unspecified atom stereocenters. The molecular weight excluding hydrogens is 368 g/mol. The number of esters is 1. The molecule has 1 N–H and O–H groups in total. The summed E-state index contributed by atoms with van der Waals surface area (Å²) in [6.07, 6.45) is 7.62. The van der Waals surface area contributed by atoms with Crippen molar-refractivity contribution in [2.75, 3.05) is 6.61 Å². The lowest BCUT2D eigenvalue weighted by atomic mass is 9.74. The third-order valence-electron chi connectivity index (χ3n) is 4.95. The second kappa shape index (κ2) is 8.44. The zero-order chi connectivity index (χ0) is 20.4. The number of hydrogen-bond acceptors (Lipinski definition) is 5. The van der Waals surface area contributed by atoms with Crippen molar-refractivity contribution in [3.8, 4) is 0 Å². The second-order valence-electron chi connectivity index (χ2n) is 7.37. The van der Waals surface area contributed by atoms with E-state index in [0.717, 1.165) is 12.0 Å². The molecule has 0 amide bonds. The van der Waals surface area contributed by atoms with E-state index in [1.807, 2.05) is 19.1 Å². The summed E-state index contributed by atoms with van der Waals surface area (Å²) < 4.78 is 11.0. The van der Waals surface area contributed by atoms with Crippen molar-refractivity contribution in [3.05, 3.63) is 46.2 Å². The van der Waals surface area contributed by atoms with E-state index in [4.69, 9.17) is 21.1 Å². The monoisotopic (exact) mass is 394 g/mol. The van der Waals surface area contributed by atoms with Crippen molar-refractivity contribution in [2.24, 2.45) is 11.8 Å². The highest BCUT2D eigenvalue weighted by Gasteiger charge is 2.53. The Balaban J connectivity index is 2.34. The summed E-state index contributed by atoms with van der Waals surface area (Å²) in [5.41, 5.74) is -0.262. The fraction of sp³-hybridized carbons (Fsp3) is 0.524. The average molecular weight is 395 g/mol. The Hall–Kier alpha value is -1.85. The van der Waals surface area contributed by atoms with Crippen LogP contribution in [0.4, 0.5) is 0 Å². The van der Waals surface area contributed by atoms with Crippen molar-refractivity contribution in [3.63, 3.8) is 0 Å². The number of rotatable bonds is 5. The molecule has 1 heterocycles. The van der Waals surface area contributed by atoms with Gasteiger partial charge in [0.15, 0.2) is 5.60 Å². The van der Waals surface area contributed by atoms with Gasteiger partial charge in [-0.15, -0.1) is 0 Å². The van der Waals surface area contributed by atoms with Crippen LogP contribution in [-0.2, 0) is 19.1 Å². The Morgan fingerprint density at radius 1 is 1.52 bits per heavy atom. The summed E-state index contributed by atoms with van der Waals surface area (Å²) in [6.45, 7) is 8.99. The minimum absolute atomic E-state index is 0.0468. The number of carbonyl (C=O) groups is 2. The van der Waals surface area contributed by atoms with E-state index in [2.05, 4.69) is 19.9 Å². The minimum atomic E-state index is -1.89. The van der Waals surface area contributed by atoms with Crippen LogP contribution >= 0.6 is 11.6 Å². The molecular formula is C21H27ClO5. The zero-order valence-corrected chi connectivity index (χ0v) is 17.2. The quantitative estimate of drug-likeness (QED) is 0.566. The second-order valence-corrected chi connectivity index (χ2v) is 7.75. The van der Waals surface area contributed by atoms with Gasteiger partial charge >= 0.3 is 5.97 Å². The van der Waals surface area contributed by atoms with E-state index in [-0.39, 0.29) is 11.6 Å². The molecule has 0 saturated heterocycles. The van der Waals surface area contributed by atoms with Gasteiger partial charge in [-0.25, -0.2) is 0 Å². The SMILES string of the molecule is CC[C@H](C)/C=C(C)/C=C/C1=CC2=C(Cl)C(=O)[C@](C)(O)[C@H](OC(C)=O)[C@H]2CO1. The number of Topliss-reactive ketones (excluding diaryl/α,β-unsaturated/α-hetero) is 1. The van der Waals surface area contributed by atoms with E-state index < -0.39 is 29.4 Å². The molecule has 148 valence electrons. The fourth-order valence-electron chi connectivity index (χ4n) is 3.24. The maximum atomic E-state index is 12.5. The third-order valence-corrected chi connectivity index (χ3v) is 5.34. The number of allylic oxidation sites excluding steroid dienone is 5. The van der Waals surface area contributed by atoms with Crippen molar-refractivity contribution in [1.82, 2.24) is 0 Å². The van der Waals surface area contributed by atoms with Crippen LogP contribution in [0.1, 0.15) is 41.0 Å². The molecule has 0 saturated carbocycles. The van der Waals surface area contributed by atoms with Gasteiger partial charge in [-0.3, -0.25) is 9.59 Å². The maximum Gasteiger partial charge on any atom is 0.303 e. The number of ether oxygens (including phenoxy) is 2. The molecule has 2 rings (SSSR count). The topological polar surface area (TPSA) is 72.8 Å². The standard InChI is InChI=1S/C21H27ClO5/c1-6-12(2)9-13(3)7-8-15-10-16-17(11-26-15)20(27-14(4)23)21(5,25)19(24)18(16)22/h7-10,12,17,20,25H,6,11H2,1-5H3/b8-7+,13-9+/t12-,17-,20+,21-/m0/s1. The molecule has 2 aliphatic rings. The fourth-order valence-corrected chi connectivity index (χ4v) is 3.62. The van der Waals surface area contributed by atoms with Crippen molar-refractivity contribution in [2.45, 2.75) is 52.7 Å². The van der Waals surface area contributed by atoms with E-state index in [0.29, 0.717) is 17.3 Å². The summed E-state index contributed by atoms with van der Waals surface area (Å²) in [5, 5.41) is 10.5. The van der Waals surface area contributed by atoms with Crippen LogP contribution in [0.3, 0.4) is 0 Å². The smallest absolute Gasteiger partial charge is 0.303 e. The van der Waals surface area contributed by atoms with Crippen LogP contribution < -0.4 is 0 Å². The van der Waals surface area contributed by atoms with Crippen LogP contribution in [0.2, 0.25) is 0 Å². The molecule has 0 fully saturated rings. The molecule has 0 aromatic carbocycles. The lowest BCUT2D eigenvalue weighted by molar-refractivity contribution is -0.174. The maximum absolute atomic E-state index is 12.5. The summed E-state index contributed by atoms with van der Waals surface area (Å²) in [6, 6.07) is 0. The van der Waals surface area contributed by atoms with Gasteiger partial charge in [-0.2, -0.15) is 0 Å². The molecule has 0 radical (unpaired) electrons. The zero-order valence-electron chi connectivity index (χ0n) is 16.4. The van der Waals surface area contributed by atoms with Gasteiger partial charge in [0, 0.05) is 6.92 Å². The molecule has 5 nitrogen and oxygen atoms in total.